The summed E-state index contributed by atoms with van der Waals surface area (Å²) in [6.45, 7) is 8.37. The van der Waals surface area contributed by atoms with Crippen molar-refractivity contribution in [1.82, 2.24) is 14.9 Å². The van der Waals surface area contributed by atoms with Crippen LogP contribution in [0, 0.1) is 5.92 Å². The molecule has 0 amide bonds. The van der Waals surface area contributed by atoms with Gasteiger partial charge in [-0.25, -0.2) is 9.78 Å². The molecule has 2 heterocycles. The van der Waals surface area contributed by atoms with E-state index < -0.39 is 5.97 Å². The first kappa shape index (κ1) is 12.1. The number of rotatable bonds is 3. The normalized spacial score (nSPS) is 16.9. The Balaban J connectivity index is 2.51. The monoisotopic (exact) mass is 237 g/mol. The minimum atomic E-state index is -0.867. The van der Waals surface area contributed by atoms with Crippen LogP contribution in [0.1, 0.15) is 48.7 Å². The van der Waals surface area contributed by atoms with Crippen LogP contribution >= 0.6 is 0 Å². The molecular formula is C12H19N3O2. The van der Waals surface area contributed by atoms with Gasteiger partial charge in [-0.15, -0.1) is 0 Å². The van der Waals surface area contributed by atoms with Gasteiger partial charge in [-0.05, 0) is 5.92 Å². The van der Waals surface area contributed by atoms with Crippen molar-refractivity contribution in [3.8, 4) is 0 Å². The first-order valence-corrected chi connectivity index (χ1v) is 6.05. The highest BCUT2D eigenvalue weighted by Gasteiger charge is 2.28. The molecule has 1 atom stereocenters. The predicted octanol–water partition coefficient (Wildman–Crippen LogP) is 1.44. The fourth-order valence-corrected chi connectivity index (χ4v) is 2.14. The molecule has 94 valence electrons. The van der Waals surface area contributed by atoms with Crippen molar-refractivity contribution in [2.75, 3.05) is 6.54 Å². The average Bonchev–Trinajstić information content (AvgIpc) is 2.66. The Labute approximate surface area is 101 Å². The average molecular weight is 237 g/mol. The fraction of sp³-hybridized carbons (Fsp3) is 0.667. The van der Waals surface area contributed by atoms with Gasteiger partial charge in [-0.1, -0.05) is 20.8 Å². The molecule has 0 aliphatic carbocycles. The highest BCUT2D eigenvalue weighted by Crippen LogP contribution is 2.27. The van der Waals surface area contributed by atoms with Gasteiger partial charge in [0, 0.05) is 19.0 Å². The van der Waals surface area contributed by atoms with Crippen LogP contribution in [0.3, 0.4) is 0 Å². The molecular weight excluding hydrogens is 218 g/mol. The fourth-order valence-electron chi connectivity index (χ4n) is 2.14. The van der Waals surface area contributed by atoms with Crippen molar-refractivity contribution in [3.05, 3.63) is 17.2 Å². The van der Waals surface area contributed by atoms with Crippen LogP contribution in [0.25, 0.3) is 0 Å². The molecule has 5 heteroatoms. The van der Waals surface area contributed by atoms with E-state index in [0.29, 0.717) is 24.7 Å². The van der Waals surface area contributed by atoms with Crippen LogP contribution in [0.2, 0.25) is 0 Å². The van der Waals surface area contributed by atoms with E-state index in [4.69, 9.17) is 0 Å². The largest absolute Gasteiger partial charge is 0.477 e. The first-order valence-electron chi connectivity index (χ1n) is 6.05. The Bertz CT molecular complexity index is 437. The third kappa shape index (κ3) is 2.07. The van der Waals surface area contributed by atoms with Gasteiger partial charge in [0.15, 0.2) is 5.69 Å². The van der Waals surface area contributed by atoms with Gasteiger partial charge in [0.2, 0.25) is 0 Å². The molecule has 0 fully saturated rings. The van der Waals surface area contributed by atoms with E-state index in [0.717, 1.165) is 18.1 Å². The van der Waals surface area contributed by atoms with Gasteiger partial charge in [-0.3, -0.25) is 0 Å². The molecule has 2 rings (SSSR count). The Morgan fingerprint density at radius 3 is 2.76 bits per heavy atom. The molecule has 0 bridgehead atoms. The molecule has 1 aromatic rings. The number of fused-ring (bicyclic) bond motifs is 1. The number of aromatic nitrogens is 2. The van der Waals surface area contributed by atoms with Crippen molar-refractivity contribution in [2.45, 2.75) is 39.8 Å². The Morgan fingerprint density at radius 2 is 2.18 bits per heavy atom. The molecule has 2 N–H and O–H groups in total. The van der Waals surface area contributed by atoms with Gasteiger partial charge in [0.05, 0.1) is 12.2 Å². The van der Waals surface area contributed by atoms with E-state index >= 15 is 0 Å². The Morgan fingerprint density at radius 1 is 1.47 bits per heavy atom. The zero-order chi connectivity index (χ0) is 12.6. The van der Waals surface area contributed by atoms with Gasteiger partial charge in [-0.2, -0.15) is 0 Å². The van der Waals surface area contributed by atoms with Crippen molar-refractivity contribution < 1.29 is 9.90 Å². The van der Waals surface area contributed by atoms with Crippen LogP contribution in [0.15, 0.2) is 0 Å². The Hall–Kier alpha value is -1.36. The van der Waals surface area contributed by atoms with E-state index in [1.54, 1.807) is 0 Å². The third-order valence-electron chi connectivity index (χ3n) is 3.50. The number of carbonyl (C=O) groups is 1. The topological polar surface area (TPSA) is 67.2 Å². The van der Waals surface area contributed by atoms with Crippen molar-refractivity contribution >= 4 is 5.97 Å². The van der Waals surface area contributed by atoms with Crippen LogP contribution in [-0.2, 0) is 13.1 Å². The molecule has 1 aliphatic heterocycles. The Kier molecular flexibility index (Phi) is 3.19. The second kappa shape index (κ2) is 4.49. The summed E-state index contributed by atoms with van der Waals surface area (Å²) in [5, 5.41) is 12.6. The second-order valence-corrected chi connectivity index (χ2v) is 4.93. The number of aromatic carboxylic acids is 1. The standard InChI is InChI=1S/C12H19N3O2/c1-7(2)8(3)10-11(12(16)17)15-5-4-13-6-9(15)14-10/h7-8,13H,4-6H2,1-3H3,(H,16,17)/t8-/m0/s1. The second-order valence-electron chi connectivity index (χ2n) is 4.93. The molecule has 0 unspecified atom stereocenters. The SMILES string of the molecule is CC(C)[C@H](C)c1nc2n(c1C(=O)O)CCNC2. The van der Waals surface area contributed by atoms with Crippen LogP contribution in [-0.4, -0.2) is 27.2 Å². The summed E-state index contributed by atoms with van der Waals surface area (Å²) >= 11 is 0. The number of carboxylic acids is 1. The maximum atomic E-state index is 11.4. The molecule has 5 nitrogen and oxygen atoms in total. The smallest absolute Gasteiger partial charge is 0.354 e. The van der Waals surface area contributed by atoms with E-state index in [9.17, 15) is 9.90 Å². The van der Waals surface area contributed by atoms with Crippen LogP contribution in [0.5, 0.6) is 0 Å². The number of nitrogens with one attached hydrogen (secondary N) is 1. The zero-order valence-electron chi connectivity index (χ0n) is 10.5. The van der Waals surface area contributed by atoms with Gasteiger partial charge in [0.25, 0.3) is 0 Å². The van der Waals surface area contributed by atoms with E-state index in [1.807, 2.05) is 11.5 Å². The summed E-state index contributed by atoms with van der Waals surface area (Å²) in [4.78, 5) is 15.9. The highest BCUT2D eigenvalue weighted by atomic mass is 16.4. The van der Waals surface area contributed by atoms with E-state index in [2.05, 4.69) is 24.1 Å². The summed E-state index contributed by atoms with van der Waals surface area (Å²) in [5.74, 6) is 0.529. The molecule has 0 radical (unpaired) electrons. The lowest BCUT2D eigenvalue weighted by Gasteiger charge is -2.17. The van der Waals surface area contributed by atoms with Crippen molar-refractivity contribution in [3.63, 3.8) is 0 Å². The van der Waals surface area contributed by atoms with E-state index in [1.165, 1.54) is 0 Å². The van der Waals surface area contributed by atoms with Gasteiger partial charge in [0.1, 0.15) is 5.82 Å². The predicted molar refractivity (Wildman–Crippen MR) is 64.1 cm³/mol. The third-order valence-corrected chi connectivity index (χ3v) is 3.50. The molecule has 0 saturated carbocycles. The molecule has 1 aromatic heterocycles. The van der Waals surface area contributed by atoms with Crippen molar-refractivity contribution in [1.29, 1.82) is 0 Å². The molecule has 1 aliphatic rings. The highest BCUT2D eigenvalue weighted by molar-refractivity contribution is 5.87. The zero-order valence-corrected chi connectivity index (χ0v) is 10.5. The number of imidazole rings is 1. The van der Waals surface area contributed by atoms with Crippen LogP contribution in [0.4, 0.5) is 0 Å². The molecule has 0 aromatic carbocycles. The quantitative estimate of drug-likeness (QED) is 0.835. The lowest BCUT2D eigenvalue weighted by Crippen LogP contribution is -2.29. The maximum Gasteiger partial charge on any atom is 0.354 e. The summed E-state index contributed by atoms with van der Waals surface area (Å²) in [7, 11) is 0. The number of hydrogen-bond acceptors (Lipinski definition) is 3. The minimum Gasteiger partial charge on any atom is -0.477 e. The maximum absolute atomic E-state index is 11.4. The number of nitrogens with zero attached hydrogens (tertiary/aromatic N) is 2. The summed E-state index contributed by atoms with van der Waals surface area (Å²) in [6, 6.07) is 0. The number of hydrogen-bond donors (Lipinski definition) is 2. The summed E-state index contributed by atoms with van der Waals surface area (Å²) < 4.78 is 1.84. The molecule has 17 heavy (non-hydrogen) atoms. The van der Waals surface area contributed by atoms with Crippen molar-refractivity contribution in [2.24, 2.45) is 5.92 Å². The van der Waals surface area contributed by atoms with E-state index in [-0.39, 0.29) is 5.92 Å². The molecule has 0 spiro atoms. The molecule has 0 saturated heterocycles. The lowest BCUT2D eigenvalue weighted by molar-refractivity contribution is 0.0681. The minimum absolute atomic E-state index is 0.166. The summed E-state index contributed by atoms with van der Waals surface area (Å²) in [6.07, 6.45) is 0. The first-order chi connectivity index (χ1) is 8.02. The summed E-state index contributed by atoms with van der Waals surface area (Å²) in [5.41, 5.74) is 1.11. The van der Waals surface area contributed by atoms with Gasteiger partial charge >= 0.3 is 5.97 Å². The van der Waals surface area contributed by atoms with Gasteiger partial charge < -0.3 is 15.0 Å². The number of carboxylic acid groups (broad SMARTS) is 1. The van der Waals surface area contributed by atoms with Crippen LogP contribution < -0.4 is 5.32 Å². The lowest BCUT2D eigenvalue weighted by atomic mass is 9.93.